The van der Waals surface area contributed by atoms with E-state index in [-0.39, 0.29) is 11.5 Å². The molecule has 0 aliphatic rings. The molecule has 0 atom stereocenters. The summed E-state index contributed by atoms with van der Waals surface area (Å²) in [6.45, 7) is 4.20. The second-order valence-corrected chi connectivity index (χ2v) is 5.70. The molecule has 5 nitrogen and oxygen atoms in total. The lowest BCUT2D eigenvalue weighted by Crippen LogP contribution is -2.16. The van der Waals surface area contributed by atoms with Crippen LogP contribution < -0.4 is 4.80 Å². The first-order chi connectivity index (χ1) is 10.6. The minimum Gasteiger partial charge on any atom is -0.312 e. The zero-order chi connectivity index (χ0) is 15.7. The summed E-state index contributed by atoms with van der Waals surface area (Å²) >= 11 is 1.26. The van der Waals surface area contributed by atoms with E-state index < -0.39 is 5.91 Å². The van der Waals surface area contributed by atoms with E-state index in [1.807, 2.05) is 4.57 Å². The van der Waals surface area contributed by atoms with E-state index in [0.29, 0.717) is 11.3 Å². The Labute approximate surface area is 129 Å². The van der Waals surface area contributed by atoms with Crippen molar-refractivity contribution in [1.82, 2.24) is 14.3 Å². The van der Waals surface area contributed by atoms with Crippen LogP contribution in [0.3, 0.4) is 0 Å². The van der Waals surface area contributed by atoms with Crippen LogP contribution in [0, 0.1) is 5.82 Å². The molecule has 0 aliphatic heterocycles. The van der Waals surface area contributed by atoms with E-state index >= 15 is 0 Å². The molecule has 0 radical (unpaired) electrons. The maximum Gasteiger partial charge on any atom is 0.300 e. The quantitative estimate of drug-likeness (QED) is 0.697. The van der Waals surface area contributed by atoms with E-state index in [4.69, 9.17) is 0 Å². The van der Waals surface area contributed by atoms with Gasteiger partial charge in [-0.15, -0.1) is 6.58 Å². The molecule has 3 aromatic rings. The number of aromatic nitrogens is 3. The molecule has 3 rings (SSSR count). The van der Waals surface area contributed by atoms with Gasteiger partial charge in [0.2, 0.25) is 0 Å². The van der Waals surface area contributed by atoms with E-state index in [0.717, 1.165) is 10.2 Å². The number of carbonyl (C=O) groups is 1. The van der Waals surface area contributed by atoms with Crippen molar-refractivity contribution in [3.63, 3.8) is 0 Å². The van der Waals surface area contributed by atoms with Crippen LogP contribution in [0.5, 0.6) is 0 Å². The largest absolute Gasteiger partial charge is 0.312 e. The lowest BCUT2D eigenvalue weighted by molar-refractivity contribution is 0.0992. The topological polar surface area (TPSA) is 52.2 Å². The molecule has 2 heterocycles. The van der Waals surface area contributed by atoms with Gasteiger partial charge >= 0.3 is 0 Å². The smallest absolute Gasteiger partial charge is 0.300 e. The molecule has 22 heavy (non-hydrogen) atoms. The highest BCUT2D eigenvalue weighted by molar-refractivity contribution is 7.16. The number of hydrogen-bond acceptors (Lipinski definition) is 3. The Morgan fingerprint density at radius 3 is 3.00 bits per heavy atom. The third-order valence-electron chi connectivity index (χ3n) is 3.09. The number of thiazole rings is 1. The summed E-state index contributed by atoms with van der Waals surface area (Å²) < 4.78 is 17.5. The van der Waals surface area contributed by atoms with Crippen molar-refractivity contribution >= 4 is 27.5 Å². The first kappa shape index (κ1) is 14.4. The molecule has 0 bridgehead atoms. The predicted octanol–water partition coefficient (Wildman–Crippen LogP) is 2.50. The van der Waals surface area contributed by atoms with Crippen molar-refractivity contribution in [2.75, 3.05) is 0 Å². The number of fused-ring (bicyclic) bond motifs is 1. The molecular formula is C15H13FN4OS. The molecule has 1 amide bonds. The third kappa shape index (κ3) is 2.62. The number of rotatable bonds is 3. The van der Waals surface area contributed by atoms with Crippen molar-refractivity contribution in [3.05, 3.63) is 59.4 Å². The minimum absolute atomic E-state index is 0.274. The molecule has 2 aromatic heterocycles. The summed E-state index contributed by atoms with van der Waals surface area (Å²) in [4.78, 5) is 16.8. The first-order valence-electron chi connectivity index (χ1n) is 6.57. The van der Waals surface area contributed by atoms with Gasteiger partial charge in [0, 0.05) is 19.8 Å². The van der Waals surface area contributed by atoms with Gasteiger partial charge in [-0.1, -0.05) is 17.4 Å². The monoisotopic (exact) mass is 316 g/mol. The molecule has 0 unspecified atom stereocenters. The van der Waals surface area contributed by atoms with Gasteiger partial charge in [0.05, 0.1) is 10.2 Å². The van der Waals surface area contributed by atoms with Gasteiger partial charge in [-0.2, -0.15) is 10.1 Å². The van der Waals surface area contributed by atoms with Crippen LogP contribution in [0.2, 0.25) is 0 Å². The summed E-state index contributed by atoms with van der Waals surface area (Å²) in [5, 5.41) is 4.04. The highest BCUT2D eigenvalue weighted by Crippen LogP contribution is 2.18. The zero-order valence-corrected chi connectivity index (χ0v) is 12.7. The summed E-state index contributed by atoms with van der Waals surface area (Å²) in [6.07, 6.45) is 3.39. The van der Waals surface area contributed by atoms with E-state index in [1.54, 1.807) is 36.1 Å². The van der Waals surface area contributed by atoms with Gasteiger partial charge in [0.25, 0.3) is 5.91 Å². The Bertz CT molecular complexity index is 935. The van der Waals surface area contributed by atoms with Crippen molar-refractivity contribution in [2.24, 2.45) is 12.0 Å². The number of benzene rings is 1. The molecule has 0 aliphatic carbocycles. The Hall–Kier alpha value is -2.54. The SMILES string of the molecule is C=CCn1c(=NC(=O)c2ccn(C)n2)sc2cc(F)ccc21. The fourth-order valence-electron chi connectivity index (χ4n) is 2.11. The Morgan fingerprint density at radius 1 is 1.50 bits per heavy atom. The molecule has 7 heteroatoms. The average molecular weight is 316 g/mol. The maximum absolute atomic E-state index is 13.4. The fourth-order valence-corrected chi connectivity index (χ4v) is 3.17. The van der Waals surface area contributed by atoms with Gasteiger partial charge in [0.15, 0.2) is 10.5 Å². The van der Waals surface area contributed by atoms with E-state index in [2.05, 4.69) is 16.7 Å². The molecule has 112 valence electrons. The number of aryl methyl sites for hydroxylation is 1. The minimum atomic E-state index is -0.426. The summed E-state index contributed by atoms with van der Waals surface area (Å²) in [5.41, 5.74) is 1.09. The van der Waals surface area contributed by atoms with Crippen molar-refractivity contribution in [2.45, 2.75) is 6.54 Å². The highest BCUT2D eigenvalue weighted by Gasteiger charge is 2.11. The van der Waals surface area contributed by atoms with Crippen molar-refractivity contribution in [3.8, 4) is 0 Å². The number of hydrogen-bond donors (Lipinski definition) is 0. The number of halogens is 1. The number of amides is 1. The lowest BCUT2D eigenvalue weighted by atomic mass is 10.3. The molecular weight excluding hydrogens is 303 g/mol. The first-order valence-corrected chi connectivity index (χ1v) is 7.38. The third-order valence-corrected chi connectivity index (χ3v) is 4.13. The van der Waals surface area contributed by atoms with Crippen LogP contribution in [-0.4, -0.2) is 20.3 Å². The van der Waals surface area contributed by atoms with Gasteiger partial charge in [-0.3, -0.25) is 9.48 Å². The van der Waals surface area contributed by atoms with Crippen molar-refractivity contribution in [1.29, 1.82) is 0 Å². The van der Waals surface area contributed by atoms with Gasteiger partial charge in [0.1, 0.15) is 5.82 Å². The lowest BCUT2D eigenvalue weighted by Gasteiger charge is -2.00. The van der Waals surface area contributed by atoms with Crippen LogP contribution in [0.15, 0.2) is 48.1 Å². The fraction of sp³-hybridized carbons (Fsp3) is 0.133. The predicted molar refractivity (Wildman–Crippen MR) is 83.1 cm³/mol. The van der Waals surface area contributed by atoms with Gasteiger partial charge < -0.3 is 4.57 Å². The summed E-state index contributed by atoms with van der Waals surface area (Å²) in [6, 6.07) is 6.11. The van der Waals surface area contributed by atoms with Crippen LogP contribution in [-0.2, 0) is 13.6 Å². The average Bonchev–Trinajstić information content (AvgIpc) is 3.04. The molecule has 0 fully saturated rings. The summed E-state index contributed by atoms with van der Waals surface area (Å²) in [5.74, 6) is -0.743. The number of carbonyl (C=O) groups excluding carboxylic acids is 1. The van der Waals surface area contributed by atoms with Crippen molar-refractivity contribution < 1.29 is 9.18 Å². The van der Waals surface area contributed by atoms with Gasteiger partial charge in [-0.25, -0.2) is 4.39 Å². The normalized spacial score (nSPS) is 12.0. The van der Waals surface area contributed by atoms with E-state index in [9.17, 15) is 9.18 Å². The van der Waals surface area contributed by atoms with Crippen LogP contribution in [0.25, 0.3) is 10.2 Å². The van der Waals surface area contributed by atoms with Crippen LogP contribution in [0.1, 0.15) is 10.5 Å². The number of nitrogens with zero attached hydrogens (tertiary/aromatic N) is 4. The highest BCUT2D eigenvalue weighted by atomic mass is 32.1. The van der Waals surface area contributed by atoms with E-state index in [1.165, 1.54) is 23.5 Å². The Balaban J connectivity index is 2.16. The van der Waals surface area contributed by atoms with Crippen LogP contribution in [0.4, 0.5) is 4.39 Å². The second kappa shape index (κ2) is 5.69. The van der Waals surface area contributed by atoms with Gasteiger partial charge in [-0.05, 0) is 24.3 Å². The zero-order valence-electron chi connectivity index (χ0n) is 11.9. The summed E-state index contributed by atoms with van der Waals surface area (Å²) in [7, 11) is 1.73. The Morgan fingerprint density at radius 2 is 2.32 bits per heavy atom. The molecule has 0 N–H and O–H groups in total. The Kier molecular flexibility index (Phi) is 3.72. The number of allylic oxidation sites excluding steroid dienone is 1. The molecule has 0 saturated heterocycles. The standard InChI is InChI=1S/C15H13FN4OS/c1-3-7-20-12-5-4-10(16)9-13(12)22-15(20)17-14(21)11-6-8-19(2)18-11/h3-6,8-9H,1,7H2,2H3. The second-order valence-electron chi connectivity index (χ2n) is 4.69. The molecule has 1 aromatic carbocycles. The van der Waals surface area contributed by atoms with Crippen LogP contribution >= 0.6 is 11.3 Å². The maximum atomic E-state index is 13.4. The molecule has 0 saturated carbocycles. The molecule has 0 spiro atoms.